The summed E-state index contributed by atoms with van der Waals surface area (Å²) in [6.45, 7) is 0. The molecule has 0 aromatic carbocycles. The van der Waals surface area contributed by atoms with E-state index >= 15 is 0 Å². The fraction of sp³-hybridized carbons (Fsp3) is 1.00. The van der Waals surface area contributed by atoms with Gasteiger partial charge < -0.3 is 10.2 Å². The molecule has 0 aromatic rings. The molecule has 1 rings (SSSR count). The van der Waals surface area contributed by atoms with Crippen molar-refractivity contribution in [1.29, 1.82) is 0 Å². The number of aliphatic hydroxyl groups is 2. The highest BCUT2D eigenvalue weighted by Crippen LogP contribution is 2.51. The van der Waals surface area contributed by atoms with Crippen molar-refractivity contribution in [3.8, 4) is 0 Å². The summed E-state index contributed by atoms with van der Waals surface area (Å²) in [6, 6.07) is 0. The molecule has 6 heteroatoms. The minimum Gasteiger partial charge on any atom is -0.359 e. The standard InChI is InChI=1S/C6H8Cl2F2O2/c7-4(9)2-1-3-5(8,10)6(4,11)12/h11-12H,1-3H2/t4-,5-/m0/s1. The molecule has 0 amide bonds. The number of halogens is 4. The van der Waals surface area contributed by atoms with Crippen molar-refractivity contribution in [3.63, 3.8) is 0 Å². The van der Waals surface area contributed by atoms with Gasteiger partial charge in [0.15, 0.2) is 0 Å². The van der Waals surface area contributed by atoms with Crippen LogP contribution in [0.25, 0.3) is 0 Å². The molecule has 72 valence electrons. The van der Waals surface area contributed by atoms with Crippen LogP contribution in [0.1, 0.15) is 19.3 Å². The highest BCUT2D eigenvalue weighted by Gasteiger charge is 2.65. The monoisotopic (exact) mass is 220 g/mol. The molecule has 12 heavy (non-hydrogen) atoms. The van der Waals surface area contributed by atoms with E-state index in [2.05, 4.69) is 0 Å². The van der Waals surface area contributed by atoms with Gasteiger partial charge >= 0.3 is 0 Å². The number of hydrogen-bond donors (Lipinski definition) is 2. The van der Waals surface area contributed by atoms with Crippen LogP contribution in [-0.2, 0) is 0 Å². The Morgan fingerprint density at radius 1 is 1.00 bits per heavy atom. The second kappa shape index (κ2) is 2.67. The fourth-order valence-corrected chi connectivity index (χ4v) is 1.76. The Bertz CT molecular complexity index is 176. The molecule has 1 fully saturated rings. The van der Waals surface area contributed by atoms with E-state index < -0.39 is 16.0 Å². The first-order chi connectivity index (χ1) is 5.21. The molecule has 0 bridgehead atoms. The maximum Gasteiger partial charge on any atom is 0.262 e. The first-order valence-electron chi connectivity index (χ1n) is 3.41. The molecule has 1 aliphatic carbocycles. The summed E-state index contributed by atoms with van der Waals surface area (Å²) >= 11 is 10.1. The predicted molar refractivity (Wildman–Crippen MR) is 40.4 cm³/mol. The molecule has 0 heterocycles. The van der Waals surface area contributed by atoms with Crippen LogP contribution in [0.5, 0.6) is 0 Å². The normalized spacial score (nSPS) is 47.5. The van der Waals surface area contributed by atoms with E-state index in [1.165, 1.54) is 0 Å². The maximum absolute atomic E-state index is 13.1. The second-order valence-corrected chi connectivity index (χ2v) is 4.13. The van der Waals surface area contributed by atoms with Crippen LogP contribution in [0, 0.1) is 0 Å². The predicted octanol–water partition coefficient (Wildman–Crippen LogP) is 1.66. The topological polar surface area (TPSA) is 40.5 Å². The zero-order chi connectivity index (χ0) is 9.62. The number of alkyl halides is 4. The molecular weight excluding hydrogens is 213 g/mol. The summed E-state index contributed by atoms with van der Waals surface area (Å²) in [4.78, 5) is 0. The second-order valence-electron chi connectivity index (χ2n) is 2.93. The van der Waals surface area contributed by atoms with Gasteiger partial charge in [-0.1, -0.05) is 23.2 Å². The third-order valence-electron chi connectivity index (χ3n) is 2.00. The van der Waals surface area contributed by atoms with Gasteiger partial charge in [0.05, 0.1) is 0 Å². The summed E-state index contributed by atoms with van der Waals surface area (Å²) in [5.41, 5.74) is 0. The van der Waals surface area contributed by atoms with Crippen molar-refractivity contribution < 1.29 is 19.0 Å². The lowest BCUT2D eigenvalue weighted by Gasteiger charge is -2.43. The van der Waals surface area contributed by atoms with Crippen molar-refractivity contribution in [2.45, 2.75) is 35.3 Å². The molecule has 1 saturated carbocycles. The van der Waals surface area contributed by atoms with E-state index in [1.807, 2.05) is 0 Å². The Balaban J connectivity index is 2.99. The Morgan fingerprint density at radius 2 is 1.33 bits per heavy atom. The SMILES string of the molecule is OC1(O)[C@](F)(Cl)CCC[C@@]1(F)Cl. The van der Waals surface area contributed by atoms with Crippen LogP contribution in [0.4, 0.5) is 8.78 Å². The molecule has 2 atom stereocenters. The van der Waals surface area contributed by atoms with E-state index in [9.17, 15) is 8.78 Å². The van der Waals surface area contributed by atoms with Gasteiger partial charge in [0, 0.05) is 12.8 Å². The first-order valence-corrected chi connectivity index (χ1v) is 4.17. The summed E-state index contributed by atoms with van der Waals surface area (Å²) in [7, 11) is 0. The van der Waals surface area contributed by atoms with E-state index in [1.54, 1.807) is 0 Å². The molecule has 0 saturated heterocycles. The summed E-state index contributed by atoms with van der Waals surface area (Å²) in [5.74, 6) is -3.33. The Hall–Kier alpha value is 0.360. The minimum absolute atomic E-state index is 0.0723. The zero-order valence-corrected chi connectivity index (χ0v) is 7.54. The van der Waals surface area contributed by atoms with E-state index in [0.717, 1.165) is 0 Å². The highest BCUT2D eigenvalue weighted by molar-refractivity contribution is 6.27. The van der Waals surface area contributed by atoms with E-state index in [0.29, 0.717) is 0 Å². The molecule has 2 N–H and O–H groups in total. The zero-order valence-electron chi connectivity index (χ0n) is 6.03. The van der Waals surface area contributed by atoms with Crippen molar-refractivity contribution in [3.05, 3.63) is 0 Å². The average molecular weight is 221 g/mol. The van der Waals surface area contributed by atoms with E-state index in [-0.39, 0.29) is 19.3 Å². The third kappa shape index (κ3) is 1.31. The first kappa shape index (κ1) is 10.4. The lowest BCUT2D eigenvalue weighted by atomic mass is 9.89. The summed E-state index contributed by atoms with van der Waals surface area (Å²) < 4.78 is 26.2. The number of hydrogen-bond acceptors (Lipinski definition) is 2. The van der Waals surface area contributed by atoms with Crippen molar-refractivity contribution in [1.82, 2.24) is 0 Å². The van der Waals surface area contributed by atoms with Crippen LogP contribution in [0.3, 0.4) is 0 Å². The van der Waals surface area contributed by atoms with Gasteiger partial charge in [-0.3, -0.25) is 0 Å². The van der Waals surface area contributed by atoms with Crippen molar-refractivity contribution in [2.24, 2.45) is 0 Å². The molecule has 0 unspecified atom stereocenters. The van der Waals surface area contributed by atoms with Gasteiger partial charge in [0.2, 0.25) is 10.3 Å². The smallest absolute Gasteiger partial charge is 0.262 e. The van der Waals surface area contributed by atoms with Crippen LogP contribution >= 0.6 is 23.2 Å². The number of rotatable bonds is 0. The van der Waals surface area contributed by atoms with Gasteiger partial charge in [0.1, 0.15) is 0 Å². The molecule has 0 aliphatic heterocycles. The molecule has 0 spiro atoms. The largest absolute Gasteiger partial charge is 0.359 e. The lowest BCUT2D eigenvalue weighted by molar-refractivity contribution is -0.283. The molecule has 0 radical (unpaired) electrons. The summed E-state index contributed by atoms with van der Waals surface area (Å²) in [6.07, 6.45) is -0.594. The summed E-state index contributed by atoms with van der Waals surface area (Å²) in [5, 5.41) is 12.1. The maximum atomic E-state index is 13.1. The van der Waals surface area contributed by atoms with Gasteiger partial charge in [-0.2, -0.15) is 0 Å². The third-order valence-corrected chi connectivity index (χ3v) is 2.91. The van der Waals surface area contributed by atoms with Crippen molar-refractivity contribution >= 4 is 23.2 Å². The molecule has 0 aromatic heterocycles. The minimum atomic E-state index is -3.33. The van der Waals surface area contributed by atoms with Crippen LogP contribution < -0.4 is 0 Å². The van der Waals surface area contributed by atoms with E-state index in [4.69, 9.17) is 33.4 Å². The molecular formula is C6H8Cl2F2O2. The van der Waals surface area contributed by atoms with Crippen LogP contribution in [0.15, 0.2) is 0 Å². The Labute approximate surface area is 78.1 Å². The quantitative estimate of drug-likeness (QED) is 0.482. The van der Waals surface area contributed by atoms with Gasteiger partial charge in [-0.25, -0.2) is 8.78 Å². The lowest BCUT2D eigenvalue weighted by Crippen LogP contribution is -2.62. The van der Waals surface area contributed by atoms with Gasteiger partial charge in [0.25, 0.3) is 5.79 Å². The Kier molecular flexibility index (Phi) is 2.33. The molecule has 2 nitrogen and oxygen atoms in total. The fourth-order valence-electron chi connectivity index (χ4n) is 1.15. The van der Waals surface area contributed by atoms with Crippen LogP contribution in [0.2, 0.25) is 0 Å². The Morgan fingerprint density at radius 3 is 1.58 bits per heavy atom. The highest BCUT2D eigenvalue weighted by atomic mass is 35.5. The van der Waals surface area contributed by atoms with Crippen LogP contribution in [-0.4, -0.2) is 26.3 Å². The van der Waals surface area contributed by atoms with Gasteiger partial charge in [-0.15, -0.1) is 0 Å². The molecule has 1 aliphatic rings. The average Bonchev–Trinajstić information content (AvgIpc) is 1.83. The van der Waals surface area contributed by atoms with Gasteiger partial charge in [-0.05, 0) is 6.42 Å². The van der Waals surface area contributed by atoms with Crippen molar-refractivity contribution in [2.75, 3.05) is 0 Å².